The molecule has 0 aromatic carbocycles. The number of carbonyl (C=O) groups is 2. The molecule has 3 aliphatic rings. The molecule has 0 bridgehead atoms. The molecule has 2 aliphatic heterocycles. The zero-order valence-corrected chi connectivity index (χ0v) is 19.8. The van der Waals surface area contributed by atoms with Crippen molar-refractivity contribution in [3.8, 4) is 0 Å². The van der Waals surface area contributed by atoms with Crippen LogP contribution in [0.4, 0.5) is 35.2 Å². The molecule has 196 valence electrons. The van der Waals surface area contributed by atoms with Crippen LogP contribution in [0.5, 0.6) is 0 Å². The Balaban J connectivity index is 0.000000355. The first-order valence-electron chi connectivity index (χ1n) is 12.0. The van der Waals surface area contributed by atoms with Gasteiger partial charge < -0.3 is 25.0 Å². The molecule has 3 aromatic rings. The summed E-state index contributed by atoms with van der Waals surface area (Å²) < 4.78 is 33.7. The van der Waals surface area contributed by atoms with Crippen molar-refractivity contribution >= 4 is 34.8 Å². The highest BCUT2D eigenvalue weighted by molar-refractivity contribution is 6.03. The number of amides is 2. The number of piperazine rings is 1. The average molecular weight is 518 g/mol. The number of urea groups is 1. The number of anilines is 3. The summed E-state index contributed by atoms with van der Waals surface area (Å²) >= 11 is 0. The van der Waals surface area contributed by atoms with Gasteiger partial charge in [0.2, 0.25) is 0 Å². The molecule has 3 aromatic heterocycles. The number of nitrogens with zero attached hydrogens (tertiary/aromatic N) is 5. The molecule has 0 spiro atoms. The standard InChI is InChI=1S/C22H25N7O.C2HF3O2/c30-22(25-16-3-4-20-26-18(15-1-2-15)14-28(20)13-16)29-10-6-17-19(5-7-24-21(17)29)27-11-8-23-9-12-27;3-2(4,5)1(6)7/h3-5,7,13-15,23H,1-2,6,8-12H2,(H,25,30);(H,6,7). The van der Waals surface area contributed by atoms with E-state index in [-0.39, 0.29) is 6.03 Å². The van der Waals surface area contributed by atoms with Crippen LogP contribution < -0.4 is 20.4 Å². The Hall–Kier alpha value is -3.87. The summed E-state index contributed by atoms with van der Waals surface area (Å²) in [6.07, 6.45) is 4.04. The van der Waals surface area contributed by atoms with Gasteiger partial charge in [0.15, 0.2) is 0 Å². The molecule has 2 fully saturated rings. The highest BCUT2D eigenvalue weighted by atomic mass is 19.4. The number of nitrogens with one attached hydrogen (secondary N) is 2. The predicted octanol–water partition coefficient (Wildman–Crippen LogP) is 3.24. The van der Waals surface area contributed by atoms with E-state index in [0.29, 0.717) is 12.5 Å². The second-order valence-electron chi connectivity index (χ2n) is 9.13. The second-order valence-corrected chi connectivity index (χ2v) is 9.13. The van der Waals surface area contributed by atoms with Gasteiger partial charge in [-0.05, 0) is 37.5 Å². The van der Waals surface area contributed by atoms with Gasteiger partial charge in [-0.2, -0.15) is 13.2 Å². The number of alkyl halides is 3. The van der Waals surface area contributed by atoms with Gasteiger partial charge in [0.05, 0.1) is 11.4 Å². The minimum absolute atomic E-state index is 0.138. The van der Waals surface area contributed by atoms with Crippen LogP contribution in [0, 0.1) is 0 Å². The van der Waals surface area contributed by atoms with E-state index in [1.54, 1.807) is 4.90 Å². The van der Waals surface area contributed by atoms with Crippen molar-refractivity contribution in [1.82, 2.24) is 19.7 Å². The molecule has 37 heavy (non-hydrogen) atoms. The number of carboxylic acid groups (broad SMARTS) is 1. The molecule has 0 radical (unpaired) electrons. The van der Waals surface area contributed by atoms with Crippen molar-refractivity contribution in [2.45, 2.75) is 31.4 Å². The lowest BCUT2D eigenvalue weighted by Gasteiger charge is -2.31. The number of imidazole rings is 1. The summed E-state index contributed by atoms with van der Waals surface area (Å²) in [5.41, 5.74) is 5.22. The van der Waals surface area contributed by atoms with Gasteiger partial charge in [-0.25, -0.2) is 19.6 Å². The number of rotatable bonds is 3. The molecule has 10 nitrogen and oxygen atoms in total. The molecule has 0 atom stereocenters. The summed E-state index contributed by atoms with van der Waals surface area (Å²) in [6, 6.07) is 5.81. The third kappa shape index (κ3) is 5.45. The monoisotopic (exact) mass is 517 g/mol. The number of carbonyl (C=O) groups excluding carboxylic acids is 1. The molecule has 6 rings (SSSR count). The lowest BCUT2D eigenvalue weighted by Crippen LogP contribution is -2.43. The number of fused-ring (bicyclic) bond motifs is 2. The van der Waals surface area contributed by atoms with Crippen LogP contribution in [0.15, 0.2) is 36.8 Å². The first-order valence-corrected chi connectivity index (χ1v) is 12.0. The Morgan fingerprint density at radius 1 is 1.08 bits per heavy atom. The quantitative estimate of drug-likeness (QED) is 0.489. The van der Waals surface area contributed by atoms with Crippen molar-refractivity contribution < 1.29 is 27.9 Å². The van der Waals surface area contributed by atoms with Gasteiger partial charge in [0.25, 0.3) is 0 Å². The lowest BCUT2D eigenvalue weighted by atomic mass is 10.1. The van der Waals surface area contributed by atoms with Crippen molar-refractivity contribution in [1.29, 1.82) is 0 Å². The SMILES string of the molecule is O=C(Nc1ccc2nc(C3CC3)cn2c1)N1CCc2c(N3CCNCC3)ccnc21.O=C(O)C(F)(F)F. The second kappa shape index (κ2) is 9.88. The van der Waals surface area contributed by atoms with E-state index in [2.05, 4.69) is 37.8 Å². The normalized spacial score (nSPS) is 17.3. The van der Waals surface area contributed by atoms with Crippen LogP contribution in [0.1, 0.15) is 30.0 Å². The van der Waals surface area contributed by atoms with E-state index < -0.39 is 12.1 Å². The highest BCUT2D eigenvalue weighted by Gasteiger charge is 2.38. The maximum absolute atomic E-state index is 13.1. The fourth-order valence-electron chi connectivity index (χ4n) is 4.53. The van der Waals surface area contributed by atoms with E-state index in [9.17, 15) is 18.0 Å². The topological polar surface area (TPSA) is 115 Å². The largest absolute Gasteiger partial charge is 0.490 e. The van der Waals surface area contributed by atoms with Crippen LogP contribution in [-0.4, -0.2) is 70.4 Å². The lowest BCUT2D eigenvalue weighted by molar-refractivity contribution is -0.192. The third-order valence-electron chi connectivity index (χ3n) is 6.51. The first kappa shape index (κ1) is 24.8. The molecule has 0 unspecified atom stereocenters. The number of pyridine rings is 2. The summed E-state index contributed by atoms with van der Waals surface area (Å²) in [6.45, 7) is 4.59. The number of aliphatic carboxylic acids is 1. The minimum atomic E-state index is -5.08. The van der Waals surface area contributed by atoms with Gasteiger partial charge in [0.1, 0.15) is 11.5 Å². The van der Waals surface area contributed by atoms with Gasteiger partial charge in [-0.1, -0.05) is 0 Å². The van der Waals surface area contributed by atoms with E-state index >= 15 is 0 Å². The zero-order chi connectivity index (χ0) is 26.2. The Morgan fingerprint density at radius 2 is 1.81 bits per heavy atom. The van der Waals surface area contributed by atoms with E-state index in [1.165, 1.54) is 24.1 Å². The Morgan fingerprint density at radius 3 is 2.49 bits per heavy atom. The van der Waals surface area contributed by atoms with Crippen molar-refractivity contribution in [2.24, 2.45) is 0 Å². The Kier molecular flexibility index (Phi) is 6.63. The maximum atomic E-state index is 13.1. The van der Waals surface area contributed by atoms with Gasteiger partial charge in [-0.15, -0.1) is 0 Å². The summed E-state index contributed by atoms with van der Waals surface area (Å²) in [5.74, 6) is -1.37. The van der Waals surface area contributed by atoms with E-state index in [4.69, 9.17) is 9.90 Å². The number of carboxylic acids is 1. The van der Waals surface area contributed by atoms with Gasteiger partial charge in [0, 0.05) is 68.5 Å². The zero-order valence-electron chi connectivity index (χ0n) is 19.8. The molecule has 5 heterocycles. The molecule has 13 heteroatoms. The summed E-state index contributed by atoms with van der Waals surface area (Å²) in [5, 5.41) is 13.6. The highest BCUT2D eigenvalue weighted by Crippen LogP contribution is 2.39. The minimum Gasteiger partial charge on any atom is -0.475 e. The summed E-state index contributed by atoms with van der Waals surface area (Å²) in [7, 11) is 0. The molecule has 1 saturated carbocycles. The van der Waals surface area contributed by atoms with Crippen molar-refractivity contribution in [2.75, 3.05) is 47.8 Å². The molecular formula is C24H26F3N7O3. The summed E-state index contributed by atoms with van der Waals surface area (Å²) in [4.78, 5) is 35.3. The van der Waals surface area contributed by atoms with Crippen molar-refractivity contribution in [3.05, 3.63) is 48.0 Å². The van der Waals surface area contributed by atoms with Crippen LogP contribution in [0.3, 0.4) is 0 Å². The number of aromatic nitrogens is 3. The smallest absolute Gasteiger partial charge is 0.475 e. The fourth-order valence-corrected chi connectivity index (χ4v) is 4.53. The van der Waals surface area contributed by atoms with Crippen molar-refractivity contribution in [3.63, 3.8) is 0 Å². The molecule has 1 saturated heterocycles. The number of hydrogen-bond donors (Lipinski definition) is 3. The molecule has 1 aliphatic carbocycles. The number of hydrogen-bond acceptors (Lipinski definition) is 6. The molecule has 2 amide bonds. The third-order valence-corrected chi connectivity index (χ3v) is 6.51. The van der Waals surface area contributed by atoms with Crippen LogP contribution in [-0.2, 0) is 11.2 Å². The van der Waals surface area contributed by atoms with Crippen LogP contribution in [0.2, 0.25) is 0 Å². The first-order chi connectivity index (χ1) is 17.7. The van der Waals surface area contributed by atoms with Gasteiger partial charge >= 0.3 is 18.2 Å². The number of halogens is 3. The fraction of sp³-hybridized carbons (Fsp3) is 0.417. The van der Waals surface area contributed by atoms with E-state index in [1.807, 2.05) is 28.9 Å². The van der Waals surface area contributed by atoms with E-state index in [0.717, 1.165) is 55.4 Å². The average Bonchev–Trinajstić information content (AvgIpc) is 3.49. The maximum Gasteiger partial charge on any atom is 0.490 e. The molecular weight excluding hydrogens is 491 g/mol. The van der Waals surface area contributed by atoms with Crippen LogP contribution >= 0.6 is 0 Å². The van der Waals surface area contributed by atoms with Gasteiger partial charge in [-0.3, -0.25) is 4.90 Å². The molecule has 3 N–H and O–H groups in total. The Bertz CT molecular complexity index is 1320. The Labute approximate surface area is 210 Å². The predicted molar refractivity (Wildman–Crippen MR) is 130 cm³/mol. The van der Waals surface area contributed by atoms with Crippen LogP contribution in [0.25, 0.3) is 5.65 Å².